The highest BCUT2D eigenvalue weighted by Gasteiger charge is 2.15. The summed E-state index contributed by atoms with van der Waals surface area (Å²) in [4.78, 5) is 28.2. The predicted molar refractivity (Wildman–Crippen MR) is 110 cm³/mol. The van der Waals surface area contributed by atoms with Crippen molar-refractivity contribution in [2.45, 2.75) is 13.8 Å². The summed E-state index contributed by atoms with van der Waals surface area (Å²) in [6, 6.07) is 9.55. The summed E-state index contributed by atoms with van der Waals surface area (Å²) < 4.78 is 26.1. The zero-order valence-electron chi connectivity index (χ0n) is 16.9. The molecule has 0 aliphatic carbocycles. The number of hydrogen-bond acceptors (Lipinski definition) is 5. The lowest BCUT2D eigenvalue weighted by Crippen LogP contribution is -2.02. The van der Waals surface area contributed by atoms with Gasteiger partial charge in [0.05, 0.1) is 26.6 Å². The van der Waals surface area contributed by atoms with E-state index >= 15 is 0 Å². The van der Waals surface area contributed by atoms with E-state index in [0.29, 0.717) is 22.8 Å². The van der Waals surface area contributed by atoms with Gasteiger partial charge in [-0.05, 0) is 38.1 Å². The largest absolute Gasteiger partial charge is 0.496 e. The second-order valence-electron chi connectivity index (χ2n) is 5.96. The maximum absolute atomic E-state index is 10.8. The van der Waals surface area contributed by atoms with Crippen LogP contribution in [0.25, 0.3) is 6.08 Å². The Morgan fingerprint density at radius 2 is 1.41 bits per heavy atom. The van der Waals surface area contributed by atoms with Gasteiger partial charge in [-0.2, -0.15) is 0 Å². The summed E-state index contributed by atoms with van der Waals surface area (Å²) in [6.07, 6.45) is 1.52. The molecule has 0 spiro atoms. The lowest BCUT2D eigenvalue weighted by Gasteiger charge is -2.12. The molecule has 0 saturated carbocycles. The third-order valence-electron chi connectivity index (χ3n) is 3.82. The lowest BCUT2D eigenvalue weighted by atomic mass is 10.1. The quantitative estimate of drug-likeness (QED) is 0.478. The third kappa shape index (κ3) is 7.27. The molecular formula is C20H25O8P. The molecule has 0 saturated heterocycles. The van der Waals surface area contributed by atoms with Crippen molar-refractivity contribution in [1.29, 1.82) is 0 Å². The molecule has 29 heavy (non-hydrogen) atoms. The van der Waals surface area contributed by atoms with Gasteiger partial charge in [-0.15, -0.1) is 0 Å². The molecule has 158 valence electrons. The molecule has 0 unspecified atom stereocenters. The molecule has 2 aromatic rings. The Labute approximate surface area is 169 Å². The van der Waals surface area contributed by atoms with E-state index in [2.05, 4.69) is 0 Å². The smallest absolute Gasteiger partial charge is 0.356 e. The second-order valence-corrected chi connectivity index (χ2v) is 7.57. The molecule has 8 nitrogen and oxygen atoms in total. The van der Waals surface area contributed by atoms with Crippen LogP contribution in [-0.4, -0.2) is 42.2 Å². The standard InChI is InChI=1S/C13H16O5.C7H9O3P/c1-8(13(14)15)5-9-6-11(17-3)12(18-4)7-10(9)16-2;1-6-2-4-7(5-3-6)11(8,9)10/h5-7H,1-4H3,(H,14,15);2-5H,1H3,(H2,8,9,10). The number of methoxy groups -OCH3 is 3. The van der Waals surface area contributed by atoms with E-state index in [-0.39, 0.29) is 10.9 Å². The third-order valence-corrected chi connectivity index (χ3v) is 4.79. The highest BCUT2D eigenvalue weighted by atomic mass is 31.2. The Morgan fingerprint density at radius 1 is 0.931 bits per heavy atom. The summed E-state index contributed by atoms with van der Waals surface area (Å²) in [5.74, 6) is 0.585. The molecule has 0 bridgehead atoms. The summed E-state index contributed by atoms with van der Waals surface area (Å²) in [7, 11) is 0.510. The molecule has 9 heteroatoms. The maximum Gasteiger partial charge on any atom is 0.356 e. The number of aryl methyl sites for hydroxylation is 1. The fraction of sp³-hybridized carbons (Fsp3) is 0.250. The first-order chi connectivity index (χ1) is 13.5. The molecule has 0 heterocycles. The number of ether oxygens (including phenoxy) is 3. The molecule has 2 rings (SSSR count). The Morgan fingerprint density at radius 3 is 1.83 bits per heavy atom. The van der Waals surface area contributed by atoms with Crippen molar-refractivity contribution < 1.29 is 38.5 Å². The van der Waals surface area contributed by atoms with Gasteiger partial charge in [-0.25, -0.2) is 4.79 Å². The van der Waals surface area contributed by atoms with Crippen molar-refractivity contribution in [3.05, 3.63) is 53.1 Å². The average molecular weight is 424 g/mol. The van der Waals surface area contributed by atoms with Gasteiger partial charge in [0.1, 0.15) is 5.75 Å². The van der Waals surface area contributed by atoms with E-state index in [1.165, 1.54) is 46.5 Å². The van der Waals surface area contributed by atoms with Crippen LogP contribution in [0.1, 0.15) is 18.1 Å². The van der Waals surface area contributed by atoms with E-state index in [4.69, 9.17) is 29.1 Å². The second kappa shape index (κ2) is 10.7. The highest BCUT2D eigenvalue weighted by Crippen LogP contribution is 2.35. The molecule has 0 radical (unpaired) electrons. The molecular weight excluding hydrogens is 399 g/mol. The van der Waals surface area contributed by atoms with Gasteiger partial charge in [-0.1, -0.05) is 17.7 Å². The van der Waals surface area contributed by atoms with Crippen LogP contribution < -0.4 is 19.5 Å². The van der Waals surface area contributed by atoms with E-state index in [1.807, 2.05) is 6.92 Å². The predicted octanol–water partition coefficient (Wildman–Crippen LogP) is 3.00. The molecule has 2 aromatic carbocycles. The summed E-state index contributed by atoms with van der Waals surface area (Å²) in [6.45, 7) is 3.38. The summed E-state index contributed by atoms with van der Waals surface area (Å²) in [5.41, 5.74) is 1.82. The van der Waals surface area contributed by atoms with Crippen LogP contribution in [0, 0.1) is 6.92 Å². The molecule has 0 aromatic heterocycles. The number of carboxylic acids is 1. The van der Waals surface area contributed by atoms with Crippen LogP contribution in [-0.2, 0) is 9.36 Å². The van der Waals surface area contributed by atoms with Crippen molar-refractivity contribution >= 4 is 24.9 Å². The first-order valence-corrected chi connectivity index (χ1v) is 9.99. The number of rotatable bonds is 6. The van der Waals surface area contributed by atoms with Crippen LogP contribution in [0.15, 0.2) is 42.0 Å². The fourth-order valence-electron chi connectivity index (χ4n) is 2.20. The van der Waals surface area contributed by atoms with E-state index < -0.39 is 13.6 Å². The minimum atomic E-state index is -4.04. The Hall–Kier alpha value is -2.80. The van der Waals surface area contributed by atoms with Gasteiger partial charge in [0, 0.05) is 17.2 Å². The number of carbonyl (C=O) groups is 1. The number of benzene rings is 2. The maximum atomic E-state index is 10.8. The lowest BCUT2D eigenvalue weighted by molar-refractivity contribution is -0.132. The normalized spacial score (nSPS) is 11.2. The zero-order valence-corrected chi connectivity index (χ0v) is 17.8. The van der Waals surface area contributed by atoms with Crippen LogP contribution in [0.4, 0.5) is 0 Å². The van der Waals surface area contributed by atoms with Gasteiger partial charge in [0.15, 0.2) is 11.5 Å². The van der Waals surface area contributed by atoms with Gasteiger partial charge in [0.2, 0.25) is 0 Å². The number of aliphatic carboxylic acids is 1. The van der Waals surface area contributed by atoms with Crippen molar-refractivity contribution in [3.8, 4) is 17.2 Å². The Kier molecular flexibility index (Phi) is 8.91. The summed E-state index contributed by atoms with van der Waals surface area (Å²) >= 11 is 0. The van der Waals surface area contributed by atoms with Crippen molar-refractivity contribution in [3.63, 3.8) is 0 Å². The zero-order chi connectivity index (χ0) is 22.2. The SMILES string of the molecule is COc1cc(OC)c(OC)cc1C=C(C)C(=O)O.Cc1ccc(P(=O)(O)O)cc1. The van der Waals surface area contributed by atoms with E-state index in [9.17, 15) is 9.36 Å². The minimum Gasteiger partial charge on any atom is -0.496 e. The minimum absolute atomic E-state index is 0.0723. The molecule has 0 amide bonds. The monoisotopic (exact) mass is 424 g/mol. The number of hydrogen-bond donors (Lipinski definition) is 3. The van der Waals surface area contributed by atoms with Gasteiger partial charge in [-0.3, -0.25) is 4.57 Å². The highest BCUT2D eigenvalue weighted by molar-refractivity contribution is 7.60. The molecule has 0 aliphatic rings. The topological polar surface area (TPSA) is 123 Å². The van der Waals surface area contributed by atoms with Crippen LogP contribution in [0.2, 0.25) is 0 Å². The molecule has 0 aliphatic heterocycles. The van der Waals surface area contributed by atoms with Crippen LogP contribution in [0.5, 0.6) is 17.2 Å². The first kappa shape index (κ1) is 24.2. The molecule has 0 fully saturated rings. The Balaban J connectivity index is 0.000000326. The first-order valence-electron chi connectivity index (χ1n) is 8.37. The Bertz CT molecular complexity index is 913. The van der Waals surface area contributed by atoms with Crippen molar-refractivity contribution in [2.75, 3.05) is 21.3 Å². The fourth-order valence-corrected chi connectivity index (χ4v) is 2.74. The molecule has 0 atom stereocenters. The molecule has 3 N–H and O–H groups in total. The summed E-state index contributed by atoms with van der Waals surface area (Å²) in [5, 5.41) is 8.94. The van der Waals surface area contributed by atoms with E-state index in [1.54, 1.807) is 24.3 Å². The van der Waals surface area contributed by atoms with Crippen molar-refractivity contribution in [2.24, 2.45) is 0 Å². The van der Waals surface area contributed by atoms with Crippen molar-refractivity contribution in [1.82, 2.24) is 0 Å². The number of carboxylic acid groups (broad SMARTS) is 1. The van der Waals surface area contributed by atoms with E-state index in [0.717, 1.165) is 5.56 Å². The van der Waals surface area contributed by atoms with Gasteiger partial charge < -0.3 is 29.1 Å². The van der Waals surface area contributed by atoms with Gasteiger partial charge in [0.25, 0.3) is 0 Å². The average Bonchev–Trinajstić information content (AvgIpc) is 2.67. The van der Waals surface area contributed by atoms with Gasteiger partial charge >= 0.3 is 13.6 Å². The van der Waals surface area contributed by atoms with Crippen LogP contribution >= 0.6 is 7.60 Å². The van der Waals surface area contributed by atoms with Crippen LogP contribution in [0.3, 0.4) is 0 Å².